The SMILES string of the molecule is Cc1nc(C(=O)NO)sc1-c1csc(NC(=O)Cc2c(F)cccc2F)n1. The summed E-state index contributed by atoms with van der Waals surface area (Å²) in [6.07, 6.45) is -0.464. The van der Waals surface area contributed by atoms with Crippen LogP contribution in [0.3, 0.4) is 0 Å². The van der Waals surface area contributed by atoms with Crippen LogP contribution in [0.4, 0.5) is 13.9 Å². The Labute approximate surface area is 159 Å². The lowest BCUT2D eigenvalue weighted by atomic mass is 10.1. The van der Waals surface area contributed by atoms with E-state index in [4.69, 9.17) is 5.21 Å². The molecule has 3 aromatic rings. The van der Waals surface area contributed by atoms with E-state index in [0.29, 0.717) is 16.3 Å². The maximum absolute atomic E-state index is 13.6. The molecule has 0 unspecified atom stereocenters. The summed E-state index contributed by atoms with van der Waals surface area (Å²) in [5.41, 5.74) is 2.22. The van der Waals surface area contributed by atoms with Crippen molar-refractivity contribution in [1.82, 2.24) is 15.4 Å². The molecule has 0 spiro atoms. The van der Waals surface area contributed by atoms with E-state index < -0.39 is 29.9 Å². The average Bonchev–Trinajstić information content (AvgIpc) is 3.24. The standard InChI is InChI=1S/C16H12F2N4O3S2/c1-7-13(27-15(19-7)14(24)22-25)11-6-26-16(20-11)21-12(23)5-8-9(17)3-2-4-10(8)18/h2-4,6,25H,5H2,1H3,(H,22,24)(H,20,21,23). The lowest BCUT2D eigenvalue weighted by Gasteiger charge is -2.04. The molecule has 140 valence electrons. The number of hydrogen-bond acceptors (Lipinski definition) is 7. The normalized spacial score (nSPS) is 10.7. The smallest absolute Gasteiger partial charge is 0.302 e. The van der Waals surface area contributed by atoms with E-state index in [1.54, 1.807) is 12.3 Å². The molecule has 0 radical (unpaired) electrons. The monoisotopic (exact) mass is 410 g/mol. The van der Waals surface area contributed by atoms with Gasteiger partial charge in [0.15, 0.2) is 10.1 Å². The second-order valence-electron chi connectivity index (χ2n) is 5.34. The van der Waals surface area contributed by atoms with Gasteiger partial charge in [0, 0.05) is 10.9 Å². The Kier molecular flexibility index (Phi) is 5.54. The van der Waals surface area contributed by atoms with Crippen molar-refractivity contribution in [3.05, 3.63) is 51.5 Å². The van der Waals surface area contributed by atoms with Crippen molar-refractivity contribution >= 4 is 39.6 Å². The van der Waals surface area contributed by atoms with E-state index in [9.17, 15) is 18.4 Å². The zero-order valence-corrected chi connectivity index (χ0v) is 15.4. The number of nitrogens with one attached hydrogen (secondary N) is 2. The number of hydroxylamine groups is 1. The number of amides is 2. The van der Waals surface area contributed by atoms with E-state index in [1.807, 2.05) is 0 Å². The van der Waals surface area contributed by atoms with Gasteiger partial charge < -0.3 is 5.32 Å². The topological polar surface area (TPSA) is 104 Å². The van der Waals surface area contributed by atoms with Gasteiger partial charge in [-0.3, -0.25) is 14.8 Å². The summed E-state index contributed by atoms with van der Waals surface area (Å²) in [6, 6.07) is 3.39. The molecule has 27 heavy (non-hydrogen) atoms. The van der Waals surface area contributed by atoms with Crippen molar-refractivity contribution < 1.29 is 23.6 Å². The molecule has 3 rings (SSSR count). The van der Waals surface area contributed by atoms with Crippen molar-refractivity contribution in [2.24, 2.45) is 0 Å². The molecule has 0 saturated carbocycles. The largest absolute Gasteiger partial charge is 0.303 e. The van der Waals surface area contributed by atoms with Crippen LogP contribution in [0.2, 0.25) is 0 Å². The first kappa shape index (κ1) is 19.0. The molecule has 1 aromatic carbocycles. The Morgan fingerprint density at radius 3 is 2.59 bits per heavy atom. The highest BCUT2D eigenvalue weighted by Gasteiger charge is 2.18. The van der Waals surface area contributed by atoms with Gasteiger partial charge in [-0.25, -0.2) is 24.2 Å². The van der Waals surface area contributed by atoms with E-state index in [0.717, 1.165) is 34.8 Å². The van der Waals surface area contributed by atoms with Crippen LogP contribution in [0.5, 0.6) is 0 Å². The maximum atomic E-state index is 13.6. The molecular formula is C16H12F2N4O3S2. The Morgan fingerprint density at radius 2 is 1.93 bits per heavy atom. The molecule has 7 nitrogen and oxygen atoms in total. The van der Waals surface area contributed by atoms with Gasteiger partial charge in [-0.15, -0.1) is 22.7 Å². The molecule has 2 amide bonds. The van der Waals surface area contributed by atoms with Gasteiger partial charge >= 0.3 is 5.91 Å². The molecular weight excluding hydrogens is 398 g/mol. The highest BCUT2D eigenvalue weighted by Crippen LogP contribution is 2.32. The zero-order chi connectivity index (χ0) is 19.6. The Morgan fingerprint density at radius 1 is 1.22 bits per heavy atom. The summed E-state index contributed by atoms with van der Waals surface area (Å²) in [5, 5.41) is 13.1. The first-order chi connectivity index (χ1) is 12.9. The number of carbonyl (C=O) groups excluding carboxylic acids is 2. The lowest BCUT2D eigenvalue weighted by Crippen LogP contribution is -2.18. The van der Waals surface area contributed by atoms with Gasteiger partial charge in [0.25, 0.3) is 0 Å². The summed E-state index contributed by atoms with van der Waals surface area (Å²) in [5.74, 6) is -2.92. The van der Waals surface area contributed by atoms with E-state index >= 15 is 0 Å². The summed E-state index contributed by atoms with van der Waals surface area (Å²) < 4.78 is 27.3. The molecule has 0 aliphatic heterocycles. The summed E-state index contributed by atoms with van der Waals surface area (Å²) in [7, 11) is 0. The van der Waals surface area contributed by atoms with Gasteiger partial charge in [-0.2, -0.15) is 0 Å². The molecule has 0 saturated heterocycles. The van der Waals surface area contributed by atoms with Crippen molar-refractivity contribution in [2.45, 2.75) is 13.3 Å². The lowest BCUT2D eigenvalue weighted by molar-refractivity contribution is -0.115. The van der Waals surface area contributed by atoms with Crippen LogP contribution >= 0.6 is 22.7 Å². The van der Waals surface area contributed by atoms with E-state index in [-0.39, 0.29) is 15.7 Å². The predicted octanol–water partition coefficient (Wildman–Crippen LogP) is 3.15. The fraction of sp³-hybridized carbons (Fsp3) is 0.125. The third kappa shape index (κ3) is 4.15. The second-order valence-corrected chi connectivity index (χ2v) is 7.19. The molecule has 0 aliphatic rings. The van der Waals surface area contributed by atoms with Crippen LogP contribution in [0.25, 0.3) is 10.6 Å². The van der Waals surface area contributed by atoms with Gasteiger partial charge in [-0.05, 0) is 19.1 Å². The molecule has 0 bridgehead atoms. The Bertz CT molecular complexity index is 999. The van der Waals surface area contributed by atoms with Gasteiger partial charge in [0.05, 0.1) is 22.7 Å². The molecule has 0 aliphatic carbocycles. The first-order valence-electron chi connectivity index (χ1n) is 7.49. The number of halogens is 2. The van der Waals surface area contributed by atoms with Crippen molar-refractivity contribution in [1.29, 1.82) is 0 Å². The van der Waals surface area contributed by atoms with E-state index in [1.165, 1.54) is 11.5 Å². The number of rotatable bonds is 5. The molecule has 11 heteroatoms. The number of carbonyl (C=O) groups is 2. The minimum Gasteiger partial charge on any atom is -0.302 e. The van der Waals surface area contributed by atoms with Crippen LogP contribution in [0, 0.1) is 18.6 Å². The van der Waals surface area contributed by atoms with Gasteiger partial charge in [0.2, 0.25) is 5.91 Å². The third-order valence-corrected chi connectivity index (χ3v) is 5.41. The summed E-state index contributed by atoms with van der Waals surface area (Å²) in [6.45, 7) is 1.68. The van der Waals surface area contributed by atoms with Crippen LogP contribution in [0.15, 0.2) is 23.6 Å². The predicted molar refractivity (Wildman–Crippen MR) is 95.9 cm³/mol. The second kappa shape index (κ2) is 7.86. The van der Waals surface area contributed by atoms with E-state index in [2.05, 4.69) is 15.3 Å². The molecule has 3 N–H and O–H groups in total. The number of thiazole rings is 2. The quantitative estimate of drug-likeness (QED) is 0.443. The van der Waals surface area contributed by atoms with Crippen molar-refractivity contribution in [3.8, 4) is 10.6 Å². The minimum absolute atomic E-state index is 0.0682. The Balaban J connectivity index is 1.74. The molecule has 0 atom stereocenters. The fourth-order valence-electron chi connectivity index (χ4n) is 2.24. The summed E-state index contributed by atoms with van der Waals surface area (Å²) in [4.78, 5) is 32.4. The number of nitrogens with zero attached hydrogens (tertiary/aromatic N) is 2. The molecule has 0 fully saturated rings. The fourth-order valence-corrected chi connectivity index (χ4v) is 3.95. The molecule has 2 heterocycles. The number of anilines is 1. The average molecular weight is 410 g/mol. The first-order valence-corrected chi connectivity index (χ1v) is 9.19. The van der Waals surface area contributed by atoms with Gasteiger partial charge in [0.1, 0.15) is 11.6 Å². The minimum atomic E-state index is -0.792. The highest BCUT2D eigenvalue weighted by molar-refractivity contribution is 7.18. The number of hydrogen-bond donors (Lipinski definition) is 3. The zero-order valence-electron chi connectivity index (χ0n) is 13.7. The highest BCUT2D eigenvalue weighted by atomic mass is 32.1. The summed E-state index contributed by atoms with van der Waals surface area (Å²) >= 11 is 2.16. The van der Waals surface area contributed by atoms with Crippen LogP contribution < -0.4 is 10.8 Å². The van der Waals surface area contributed by atoms with Gasteiger partial charge in [-0.1, -0.05) is 6.07 Å². The van der Waals surface area contributed by atoms with Crippen molar-refractivity contribution in [3.63, 3.8) is 0 Å². The van der Waals surface area contributed by atoms with Crippen LogP contribution in [-0.4, -0.2) is 27.0 Å². The number of aryl methyl sites for hydroxylation is 1. The van der Waals surface area contributed by atoms with Crippen LogP contribution in [0.1, 0.15) is 21.1 Å². The third-order valence-electron chi connectivity index (χ3n) is 3.47. The number of aromatic nitrogens is 2. The Hall–Kier alpha value is -2.76. The molecule has 2 aromatic heterocycles. The maximum Gasteiger partial charge on any atom is 0.303 e. The van der Waals surface area contributed by atoms with Crippen molar-refractivity contribution in [2.75, 3.05) is 5.32 Å². The van der Waals surface area contributed by atoms with Crippen LogP contribution in [-0.2, 0) is 11.2 Å². The number of benzene rings is 1.